The zero-order chi connectivity index (χ0) is 28.2. The van der Waals surface area contributed by atoms with Crippen molar-refractivity contribution < 1.29 is 9.66 Å². The summed E-state index contributed by atoms with van der Waals surface area (Å²) in [5.41, 5.74) is 5.59. The van der Waals surface area contributed by atoms with Crippen LogP contribution in [0, 0.1) is 24.0 Å². The molecule has 0 aliphatic carbocycles. The van der Waals surface area contributed by atoms with E-state index in [1.807, 2.05) is 54.8 Å². The van der Waals surface area contributed by atoms with Gasteiger partial charge < -0.3 is 24.8 Å². The van der Waals surface area contributed by atoms with Crippen LogP contribution in [-0.4, -0.2) is 44.7 Å². The zero-order valence-electron chi connectivity index (χ0n) is 22.7. The Kier molecular flexibility index (Phi) is 7.97. The van der Waals surface area contributed by atoms with Crippen LogP contribution in [0.1, 0.15) is 41.1 Å². The predicted molar refractivity (Wildman–Crippen MR) is 160 cm³/mol. The number of hydrogen-bond donors (Lipinski definition) is 2. The van der Waals surface area contributed by atoms with Gasteiger partial charge in [0.05, 0.1) is 35.5 Å². The standard InChI is InChI=1S/C30H32N6O3S/c1-20-18-24(21(2)35(20)26-19-23(36(37)38)13-14-27(26)39-3)29-28(25-12-7-8-15-32-25)33-30(40)34(29)17-9-16-31-22-10-5-4-6-11-22/h4-8,10-15,18-19,28-29,31H,9,16-17H2,1-3H3,(H,33,40). The average Bonchev–Trinajstić information content (AvgIpc) is 3.45. The number of nitro benzene ring substituents is 1. The summed E-state index contributed by atoms with van der Waals surface area (Å²) in [6.07, 6.45) is 2.67. The minimum atomic E-state index is -0.389. The van der Waals surface area contributed by atoms with Gasteiger partial charge in [-0.25, -0.2) is 0 Å². The monoisotopic (exact) mass is 556 g/mol. The van der Waals surface area contributed by atoms with Crippen molar-refractivity contribution in [2.75, 3.05) is 25.5 Å². The Hall–Kier alpha value is -4.44. The Balaban J connectivity index is 1.51. The fourth-order valence-electron chi connectivity index (χ4n) is 5.45. The van der Waals surface area contributed by atoms with Crippen LogP contribution >= 0.6 is 12.2 Å². The van der Waals surface area contributed by atoms with E-state index in [0.717, 1.165) is 47.8 Å². The number of nitro groups is 1. The number of ether oxygens (including phenoxy) is 1. The molecule has 2 N–H and O–H groups in total. The van der Waals surface area contributed by atoms with Crippen molar-refractivity contribution in [2.24, 2.45) is 0 Å². The molecule has 1 aliphatic rings. The quantitative estimate of drug-likeness (QED) is 0.108. The molecule has 0 radical (unpaired) electrons. The fraction of sp³-hybridized carbons (Fsp3) is 0.267. The minimum absolute atomic E-state index is 0.00691. The van der Waals surface area contributed by atoms with Crippen molar-refractivity contribution in [1.29, 1.82) is 0 Å². The first kappa shape index (κ1) is 27.1. The van der Waals surface area contributed by atoms with Gasteiger partial charge in [-0.05, 0) is 74.4 Å². The topological polar surface area (TPSA) is 97.5 Å². The lowest BCUT2D eigenvalue weighted by Gasteiger charge is -2.28. The van der Waals surface area contributed by atoms with E-state index in [4.69, 9.17) is 17.0 Å². The van der Waals surface area contributed by atoms with E-state index in [0.29, 0.717) is 16.5 Å². The number of benzene rings is 2. The maximum atomic E-state index is 11.6. The summed E-state index contributed by atoms with van der Waals surface area (Å²) in [5, 5.41) is 19.3. The van der Waals surface area contributed by atoms with E-state index in [9.17, 15) is 10.1 Å². The van der Waals surface area contributed by atoms with E-state index in [1.165, 1.54) is 6.07 Å². The van der Waals surface area contributed by atoms with E-state index in [2.05, 4.69) is 38.7 Å². The van der Waals surface area contributed by atoms with Gasteiger partial charge in [0.25, 0.3) is 5.69 Å². The highest BCUT2D eigenvalue weighted by atomic mass is 32.1. The van der Waals surface area contributed by atoms with Gasteiger partial charge in [0.1, 0.15) is 5.75 Å². The van der Waals surface area contributed by atoms with E-state index in [1.54, 1.807) is 25.4 Å². The summed E-state index contributed by atoms with van der Waals surface area (Å²) in [6, 6.07) is 22.6. The van der Waals surface area contributed by atoms with Crippen LogP contribution in [-0.2, 0) is 0 Å². The number of nitrogens with one attached hydrogen (secondary N) is 2. The summed E-state index contributed by atoms with van der Waals surface area (Å²) < 4.78 is 7.63. The molecule has 0 bridgehead atoms. The molecule has 2 atom stereocenters. The summed E-state index contributed by atoms with van der Waals surface area (Å²) in [4.78, 5) is 18.1. The van der Waals surface area contributed by atoms with Gasteiger partial charge in [-0.1, -0.05) is 24.3 Å². The molecule has 1 aliphatic heterocycles. The first-order valence-corrected chi connectivity index (χ1v) is 13.6. The molecule has 10 heteroatoms. The van der Waals surface area contributed by atoms with Crippen LogP contribution in [0.25, 0.3) is 5.69 Å². The van der Waals surface area contributed by atoms with Crippen LogP contribution in [0.2, 0.25) is 0 Å². The number of hydrogen-bond acceptors (Lipinski definition) is 6. The SMILES string of the molecule is COc1ccc([N+](=O)[O-])cc1-n1c(C)cc(C2C(c3ccccn3)NC(=S)N2CCCNc2ccccc2)c1C. The smallest absolute Gasteiger partial charge is 0.271 e. The lowest BCUT2D eigenvalue weighted by Crippen LogP contribution is -2.31. The molecule has 0 amide bonds. The largest absolute Gasteiger partial charge is 0.495 e. The first-order chi connectivity index (χ1) is 19.4. The lowest BCUT2D eigenvalue weighted by molar-refractivity contribution is -0.384. The second-order valence-electron chi connectivity index (χ2n) is 9.74. The van der Waals surface area contributed by atoms with Crippen LogP contribution in [0.4, 0.5) is 11.4 Å². The highest BCUT2D eigenvalue weighted by Crippen LogP contribution is 2.42. The molecule has 0 spiro atoms. The average molecular weight is 557 g/mol. The summed E-state index contributed by atoms with van der Waals surface area (Å²) in [7, 11) is 1.57. The normalized spacial score (nSPS) is 16.6. The Bertz CT molecular complexity index is 1510. The lowest BCUT2D eigenvalue weighted by atomic mass is 9.96. The van der Waals surface area contributed by atoms with Crippen LogP contribution in [0.3, 0.4) is 0 Å². The third kappa shape index (κ3) is 5.35. The van der Waals surface area contributed by atoms with Crippen molar-refractivity contribution in [2.45, 2.75) is 32.4 Å². The predicted octanol–water partition coefficient (Wildman–Crippen LogP) is 5.88. The van der Waals surface area contributed by atoms with Gasteiger partial charge in [-0.15, -0.1) is 0 Å². The zero-order valence-corrected chi connectivity index (χ0v) is 23.5. The number of pyridine rings is 1. The van der Waals surface area contributed by atoms with Gasteiger partial charge in [0.2, 0.25) is 0 Å². The number of nitrogens with zero attached hydrogens (tertiary/aromatic N) is 4. The Morgan fingerprint density at radius 1 is 1.10 bits per heavy atom. The number of thiocarbonyl (C=S) groups is 1. The molecule has 0 saturated carbocycles. The second-order valence-corrected chi connectivity index (χ2v) is 10.1. The van der Waals surface area contributed by atoms with E-state index >= 15 is 0 Å². The minimum Gasteiger partial charge on any atom is -0.495 e. The highest BCUT2D eigenvalue weighted by Gasteiger charge is 2.41. The number of non-ortho nitro benzene ring substituents is 1. The Labute approximate surface area is 239 Å². The van der Waals surface area contributed by atoms with Crippen molar-refractivity contribution >= 4 is 28.7 Å². The molecule has 206 valence electrons. The maximum absolute atomic E-state index is 11.6. The van der Waals surface area contributed by atoms with Gasteiger partial charge >= 0.3 is 0 Å². The molecular formula is C30H32N6O3S. The third-order valence-corrected chi connectivity index (χ3v) is 7.63. The number of para-hydroxylation sites is 1. The van der Waals surface area contributed by atoms with Gasteiger partial charge in [0.15, 0.2) is 5.11 Å². The number of aryl methyl sites for hydroxylation is 1. The third-order valence-electron chi connectivity index (χ3n) is 7.28. The van der Waals surface area contributed by atoms with E-state index < -0.39 is 0 Å². The van der Waals surface area contributed by atoms with Gasteiger partial charge in [-0.2, -0.15) is 0 Å². The molecule has 1 saturated heterocycles. The first-order valence-electron chi connectivity index (χ1n) is 13.2. The molecule has 5 rings (SSSR count). The Morgan fingerprint density at radius 3 is 2.58 bits per heavy atom. The summed E-state index contributed by atoms with van der Waals surface area (Å²) in [6.45, 7) is 5.57. The van der Waals surface area contributed by atoms with Crippen molar-refractivity contribution in [1.82, 2.24) is 19.8 Å². The molecule has 3 heterocycles. The molecule has 40 heavy (non-hydrogen) atoms. The number of anilines is 1. The molecule has 2 aromatic carbocycles. The molecule has 2 aromatic heterocycles. The van der Waals surface area contributed by atoms with Crippen molar-refractivity contribution in [3.63, 3.8) is 0 Å². The highest BCUT2D eigenvalue weighted by molar-refractivity contribution is 7.80. The van der Waals surface area contributed by atoms with Gasteiger partial charge in [-0.3, -0.25) is 15.1 Å². The molecule has 2 unspecified atom stereocenters. The molecule has 9 nitrogen and oxygen atoms in total. The van der Waals surface area contributed by atoms with Crippen LogP contribution in [0.15, 0.2) is 79.0 Å². The number of aromatic nitrogens is 2. The van der Waals surface area contributed by atoms with Crippen molar-refractivity contribution in [3.05, 3.63) is 112 Å². The maximum Gasteiger partial charge on any atom is 0.271 e. The molecular weight excluding hydrogens is 524 g/mol. The van der Waals surface area contributed by atoms with Crippen LogP contribution in [0.5, 0.6) is 5.75 Å². The van der Waals surface area contributed by atoms with Crippen LogP contribution < -0.4 is 15.4 Å². The number of rotatable bonds is 10. The number of methoxy groups -OCH3 is 1. The summed E-state index contributed by atoms with van der Waals surface area (Å²) in [5.74, 6) is 0.559. The Morgan fingerprint density at radius 2 is 1.88 bits per heavy atom. The van der Waals surface area contributed by atoms with Gasteiger partial charge in [0, 0.05) is 48.5 Å². The van der Waals surface area contributed by atoms with E-state index in [-0.39, 0.29) is 22.7 Å². The molecule has 1 fully saturated rings. The molecule has 4 aromatic rings. The second kappa shape index (κ2) is 11.7. The summed E-state index contributed by atoms with van der Waals surface area (Å²) >= 11 is 5.86. The van der Waals surface area contributed by atoms with Crippen molar-refractivity contribution in [3.8, 4) is 11.4 Å². The fourth-order valence-corrected chi connectivity index (χ4v) is 5.78.